The number of carbonyl (C=O) groups excluding carboxylic acids is 1. The first-order valence-electron chi connectivity index (χ1n) is 6.11. The van der Waals surface area contributed by atoms with E-state index in [4.69, 9.17) is 19.9 Å². The van der Waals surface area contributed by atoms with E-state index in [1.54, 1.807) is 34.1 Å². The van der Waals surface area contributed by atoms with Gasteiger partial charge < -0.3 is 19.9 Å². The third kappa shape index (κ3) is 3.86. The van der Waals surface area contributed by atoms with Crippen LogP contribution in [0.1, 0.15) is 19.4 Å². The molecule has 5 nitrogen and oxygen atoms in total. The summed E-state index contributed by atoms with van der Waals surface area (Å²) in [5, 5.41) is 0. The largest absolute Gasteiger partial charge is 0.493 e. The SMILES string of the molecule is CCOC(=O)C(C)(N)Cc1ccc(OC)c(OC)c1. The Labute approximate surface area is 113 Å². The minimum atomic E-state index is -1.06. The molecule has 0 saturated heterocycles. The van der Waals surface area contributed by atoms with E-state index in [1.807, 2.05) is 12.1 Å². The fourth-order valence-corrected chi connectivity index (χ4v) is 1.78. The summed E-state index contributed by atoms with van der Waals surface area (Å²) in [4.78, 5) is 11.7. The predicted molar refractivity (Wildman–Crippen MR) is 72.5 cm³/mol. The van der Waals surface area contributed by atoms with Gasteiger partial charge in [0.15, 0.2) is 11.5 Å². The molecule has 1 unspecified atom stereocenters. The Kier molecular flexibility index (Phi) is 5.18. The molecule has 19 heavy (non-hydrogen) atoms. The maximum Gasteiger partial charge on any atom is 0.326 e. The van der Waals surface area contributed by atoms with Crippen molar-refractivity contribution in [2.75, 3.05) is 20.8 Å². The lowest BCUT2D eigenvalue weighted by Crippen LogP contribution is -2.48. The molecule has 0 aliphatic carbocycles. The topological polar surface area (TPSA) is 70.8 Å². The molecule has 5 heteroatoms. The Morgan fingerprint density at radius 1 is 1.26 bits per heavy atom. The highest BCUT2D eigenvalue weighted by Crippen LogP contribution is 2.28. The molecule has 0 aliphatic heterocycles. The van der Waals surface area contributed by atoms with Crippen LogP contribution in [0, 0.1) is 0 Å². The summed E-state index contributed by atoms with van der Waals surface area (Å²) >= 11 is 0. The minimum Gasteiger partial charge on any atom is -0.493 e. The van der Waals surface area contributed by atoms with Gasteiger partial charge in [-0.05, 0) is 31.5 Å². The fourth-order valence-electron chi connectivity index (χ4n) is 1.78. The van der Waals surface area contributed by atoms with Gasteiger partial charge in [-0.3, -0.25) is 4.79 Å². The summed E-state index contributed by atoms with van der Waals surface area (Å²) in [6.07, 6.45) is 0.367. The number of ether oxygens (including phenoxy) is 3. The molecule has 0 bridgehead atoms. The second-order valence-corrected chi connectivity index (χ2v) is 4.50. The lowest BCUT2D eigenvalue weighted by Gasteiger charge is -2.22. The smallest absolute Gasteiger partial charge is 0.326 e. The number of methoxy groups -OCH3 is 2. The summed E-state index contributed by atoms with van der Waals surface area (Å²) in [6, 6.07) is 5.45. The highest BCUT2D eigenvalue weighted by atomic mass is 16.5. The Hall–Kier alpha value is -1.75. The van der Waals surface area contributed by atoms with Crippen LogP contribution in [0.4, 0.5) is 0 Å². The quantitative estimate of drug-likeness (QED) is 0.791. The minimum absolute atomic E-state index is 0.317. The van der Waals surface area contributed by atoms with Crippen LogP contribution in [0.25, 0.3) is 0 Å². The molecular weight excluding hydrogens is 246 g/mol. The number of esters is 1. The molecule has 1 aromatic carbocycles. The van der Waals surface area contributed by atoms with Crippen molar-refractivity contribution >= 4 is 5.97 Å². The second-order valence-electron chi connectivity index (χ2n) is 4.50. The van der Waals surface area contributed by atoms with E-state index in [9.17, 15) is 4.79 Å². The molecule has 1 atom stereocenters. The number of benzene rings is 1. The molecule has 0 spiro atoms. The van der Waals surface area contributed by atoms with Gasteiger partial charge in [-0.1, -0.05) is 6.07 Å². The van der Waals surface area contributed by atoms with Crippen molar-refractivity contribution in [1.29, 1.82) is 0 Å². The van der Waals surface area contributed by atoms with Crippen LogP contribution in [-0.2, 0) is 16.0 Å². The molecule has 0 amide bonds. The third-order valence-corrected chi connectivity index (χ3v) is 2.76. The van der Waals surface area contributed by atoms with E-state index < -0.39 is 11.5 Å². The average molecular weight is 267 g/mol. The van der Waals surface area contributed by atoms with Crippen LogP contribution in [0.5, 0.6) is 11.5 Å². The van der Waals surface area contributed by atoms with Crippen molar-refractivity contribution < 1.29 is 19.0 Å². The molecule has 0 aromatic heterocycles. The summed E-state index contributed by atoms with van der Waals surface area (Å²) in [7, 11) is 3.14. The molecule has 0 heterocycles. The van der Waals surface area contributed by atoms with Crippen LogP contribution in [0.15, 0.2) is 18.2 Å². The summed E-state index contributed by atoms with van der Waals surface area (Å²) in [5.41, 5.74) is 5.82. The van der Waals surface area contributed by atoms with Crippen LogP contribution in [0.2, 0.25) is 0 Å². The van der Waals surface area contributed by atoms with Gasteiger partial charge in [0.05, 0.1) is 20.8 Å². The Bertz CT molecular complexity index is 443. The summed E-state index contributed by atoms with van der Waals surface area (Å²) in [6.45, 7) is 3.73. The number of hydrogen-bond acceptors (Lipinski definition) is 5. The van der Waals surface area contributed by atoms with Crippen molar-refractivity contribution in [2.45, 2.75) is 25.8 Å². The standard InChI is InChI=1S/C14H21NO4/c1-5-19-13(16)14(2,15)9-10-6-7-11(17-3)12(8-10)18-4/h6-8H,5,9,15H2,1-4H3. The Morgan fingerprint density at radius 2 is 1.89 bits per heavy atom. The number of hydrogen-bond donors (Lipinski definition) is 1. The van der Waals surface area contributed by atoms with E-state index in [0.717, 1.165) is 5.56 Å². The highest BCUT2D eigenvalue weighted by molar-refractivity contribution is 5.80. The normalized spacial score (nSPS) is 13.5. The molecule has 1 rings (SSSR count). The van der Waals surface area contributed by atoms with E-state index >= 15 is 0 Å². The monoisotopic (exact) mass is 267 g/mol. The van der Waals surface area contributed by atoms with Crippen LogP contribution in [-0.4, -0.2) is 32.3 Å². The van der Waals surface area contributed by atoms with Crippen molar-refractivity contribution in [1.82, 2.24) is 0 Å². The average Bonchev–Trinajstić information content (AvgIpc) is 2.38. The maximum atomic E-state index is 11.7. The Morgan fingerprint density at radius 3 is 2.42 bits per heavy atom. The fraction of sp³-hybridized carbons (Fsp3) is 0.500. The lowest BCUT2D eigenvalue weighted by molar-refractivity contribution is -0.148. The number of nitrogens with two attached hydrogens (primary N) is 1. The Balaban J connectivity index is 2.90. The van der Waals surface area contributed by atoms with Crippen molar-refractivity contribution in [3.63, 3.8) is 0 Å². The summed E-state index contributed by atoms with van der Waals surface area (Å²) in [5.74, 6) is 0.838. The maximum absolute atomic E-state index is 11.7. The van der Waals surface area contributed by atoms with Gasteiger partial charge >= 0.3 is 5.97 Å². The summed E-state index contributed by atoms with van der Waals surface area (Å²) < 4.78 is 15.3. The van der Waals surface area contributed by atoms with E-state index in [-0.39, 0.29) is 0 Å². The van der Waals surface area contributed by atoms with Crippen molar-refractivity contribution in [3.8, 4) is 11.5 Å². The second kappa shape index (κ2) is 6.43. The van der Waals surface area contributed by atoms with Crippen LogP contribution < -0.4 is 15.2 Å². The number of carbonyl (C=O) groups is 1. The van der Waals surface area contributed by atoms with Crippen molar-refractivity contribution in [2.24, 2.45) is 5.73 Å². The first kappa shape index (κ1) is 15.3. The molecular formula is C14H21NO4. The zero-order chi connectivity index (χ0) is 14.5. The highest BCUT2D eigenvalue weighted by Gasteiger charge is 2.30. The van der Waals surface area contributed by atoms with Crippen LogP contribution >= 0.6 is 0 Å². The van der Waals surface area contributed by atoms with Crippen LogP contribution in [0.3, 0.4) is 0 Å². The molecule has 0 aliphatic rings. The molecule has 106 valence electrons. The lowest BCUT2D eigenvalue weighted by atomic mass is 9.94. The number of rotatable bonds is 6. The first-order chi connectivity index (χ1) is 8.94. The molecule has 0 saturated carbocycles. The zero-order valence-corrected chi connectivity index (χ0v) is 11.9. The predicted octanol–water partition coefficient (Wildman–Crippen LogP) is 1.53. The van der Waals surface area contributed by atoms with Gasteiger partial charge in [-0.2, -0.15) is 0 Å². The van der Waals surface area contributed by atoms with Gasteiger partial charge in [0.25, 0.3) is 0 Å². The van der Waals surface area contributed by atoms with Gasteiger partial charge in [0.2, 0.25) is 0 Å². The molecule has 0 fully saturated rings. The first-order valence-corrected chi connectivity index (χ1v) is 6.11. The van der Waals surface area contributed by atoms with E-state index in [1.165, 1.54) is 0 Å². The van der Waals surface area contributed by atoms with E-state index in [0.29, 0.717) is 24.5 Å². The van der Waals surface area contributed by atoms with Gasteiger partial charge in [0.1, 0.15) is 5.54 Å². The van der Waals surface area contributed by atoms with Gasteiger partial charge in [-0.25, -0.2) is 0 Å². The molecule has 1 aromatic rings. The molecule has 0 radical (unpaired) electrons. The molecule has 2 N–H and O–H groups in total. The van der Waals surface area contributed by atoms with Crippen molar-refractivity contribution in [3.05, 3.63) is 23.8 Å². The third-order valence-electron chi connectivity index (χ3n) is 2.76. The van der Waals surface area contributed by atoms with Gasteiger partial charge in [-0.15, -0.1) is 0 Å². The van der Waals surface area contributed by atoms with E-state index in [2.05, 4.69) is 0 Å². The zero-order valence-electron chi connectivity index (χ0n) is 11.9. The van der Waals surface area contributed by atoms with Gasteiger partial charge in [0, 0.05) is 6.42 Å².